The second kappa shape index (κ2) is 9.14. The van der Waals surface area contributed by atoms with Gasteiger partial charge in [-0.1, -0.05) is 12.1 Å². The highest BCUT2D eigenvalue weighted by Gasteiger charge is 2.17. The number of hydrogen-bond donors (Lipinski definition) is 5. The minimum atomic E-state index is -0.539. The quantitative estimate of drug-likeness (QED) is 0.164. The lowest BCUT2D eigenvalue weighted by Gasteiger charge is -2.05. The van der Waals surface area contributed by atoms with Crippen molar-refractivity contribution in [3.8, 4) is 39.9 Å². The van der Waals surface area contributed by atoms with Crippen LogP contribution >= 0.6 is 0 Å². The van der Waals surface area contributed by atoms with Gasteiger partial charge in [-0.2, -0.15) is 0 Å². The number of furan rings is 1. The Labute approximate surface area is 222 Å². The van der Waals surface area contributed by atoms with Gasteiger partial charge in [-0.05, 0) is 42.0 Å². The van der Waals surface area contributed by atoms with Crippen LogP contribution in [0.4, 0.5) is 0 Å². The average Bonchev–Trinajstić information content (AvgIpc) is 3.28. The third-order valence-electron chi connectivity index (χ3n) is 6.31. The second-order valence-corrected chi connectivity index (χ2v) is 8.92. The molecule has 0 aliphatic heterocycles. The molecule has 7 rings (SSSR count). The average molecular weight is 538 g/mol. The molecule has 198 valence electrons. The van der Waals surface area contributed by atoms with Crippen molar-refractivity contribution < 1.29 is 38.8 Å². The molecule has 0 unspecified atom stereocenters. The lowest BCUT2D eigenvalue weighted by Crippen LogP contribution is -2.04. The normalized spacial score (nSPS) is 11.2. The fraction of sp³-hybridized carbons (Fsp3) is 0. The van der Waals surface area contributed by atoms with E-state index in [4.69, 9.17) is 13.3 Å². The standard InChI is InChI=1S/C15H8O5.C15H10O5/c16-7-1-3-9-11(5-7)19-14-10-4-2-8(17)6-12(10)20-15(18)13(9)14;16-9-3-1-8(2-4-9)11-7-20-13-6-10(17)5-12(18)14(13)15(11)19/h1-6,16-17H;1-7,16-18H. The van der Waals surface area contributed by atoms with Crippen LogP contribution in [-0.4, -0.2) is 25.5 Å². The van der Waals surface area contributed by atoms with Gasteiger partial charge in [-0.15, -0.1) is 0 Å². The van der Waals surface area contributed by atoms with Crippen molar-refractivity contribution in [3.63, 3.8) is 0 Å². The molecule has 0 fully saturated rings. The first kappa shape index (κ1) is 24.4. The molecule has 0 spiro atoms. The molecule has 3 heterocycles. The van der Waals surface area contributed by atoms with Crippen molar-refractivity contribution in [2.45, 2.75) is 0 Å². The highest BCUT2D eigenvalue weighted by atomic mass is 16.4. The summed E-state index contributed by atoms with van der Waals surface area (Å²) < 4.78 is 16.2. The van der Waals surface area contributed by atoms with Crippen LogP contribution in [0.2, 0.25) is 0 Å². The van der Waals surface area contributed by atoms with Crippen LogP contribution in [0.5, 0.6) is 28.7 Å². The van der Waals surface area contributed by atoms with Gasteiger partial charge in [0, 0.05) is 29.7 Å². The SMILES string of the molecule is O=c1c(-c2ccc(O)cc2)coc2cc(O)cc(O)c12.O=c1oc2cc(O)ccc2c2oc3cc(O)ccc3c12. The predicted molar refractivity (Wildman–Crippen MR) is 146 cm³/mol. The molecule has 5 N–H and O–H groups in total. The van der Waals surface area contributed by atoms with Crippen molar-refractivity contribution in [1.29, 1.82) is 0 Å². The zero-order valence-electron chi connectivity index (χ0n) is 20.3. The van der Waals surface area contributed by atoms with Gasteiger partial charge < -0.3 is 38.8 Å². The summed E-state index contributed by atoms with van der Waals surface area (Å²) >= 11 is 0. The fourth-order valence-corrected chi connectivity index (χ4v) is 4.47. The molecule has 0 bridgehead atoms. The molecule has 40 heavy (non-hydrogen) atoms. The molecule has 0 saturated heterocycles. The largest absolute Gasteiger partial charge is 0.508 e. The summed E-state index contributed by atoms with van der Waals surface area (Å²) in [5, 5.41) is 48.8. The van der Waals surface area contributed by atoms with E-state index in [0.717, 1.165) is 6.07 Å². The van der Waals surface area contributed by atoms with Gasteiger partial charge in [0.05, 0.1) is 10.9 Å². The second-order valence-electron chi connectivity index (χ2n) is 8.92. The molecule has 0 atom stereocenters. The van der Waals surface area contributed by atoms with Crippen molar-refractivity contribution in [3.05, 3.63) is 99.7 Å². The van der Waals surface area contributed by atoms with Gasteiger partial charge in [0.1, 0.15) is 62.5 Å². The number of fused-ring (bicyclic) bond motifs is 6. The molecule has 0 aliphatic rings. The van der Waals surface area contributed by atoms with Crippen molar-refractivity contribution in [2.75, 3.05) is 0 Å². The molecule has 10 heteroatoms. The van der Waals surface area contributed by atoms with E-state index in [-0.39, 0.29) is 50.9 Å². The number of benzene rings is 4. The first-order valence-corrected chi connectivity index (χ1v) is 11.8. The molecule has 7 aromatic rings. The molecule has 0 amide bonds. The molecular formula is C30H18O10. The Hall–Kier alpha value is -5.90. The van der Waals surface area contributed by atoms with E-state index < -0.39 is 11.1 Å². The van der Waals surface area contributed by atoms with E-state index in [2.05, 4.69) is 0 Å². The maximum Gasteiger partial charge on any atom is 0.348 e. The summed E-state index contributed by atoms with van der Waals surface area (Å²) in [7, 11) is 0. The summed E-state index contributed by atoms with van der Waals surface area (Å²) in [6.45, 7) is 0. The molecule has 0 aliphatic carbocycles. The Kier molecular flexibility index (Phi) is 5.58. The number of aromatic hydroxyl groups is 5. The van der Waals surface area contributed by atoms with Gasteiger partial charge >= 0.3 is 5.63 Å². The number of rotatable bonds is 1. The molecule has 3 aromatic heterocycles. The monoisotopic (exact) mass is 538 g/mol. The molecular weight excluding hydrogens is 520 g/mol. The van der Waals surface area contributed by atoms with Gasteiger partial charge in [0.2, 0.25) is 5.43 Å². The topological polar surface area (TPSA) is 175 Å². The first-order chi connectivity index (χ1) is 19.2. The van der Waals surface area contributed by atoms with Crippen molar-refractivity contribution >= 4 is 43.9 Å². The maximum absolute atomic E-state index is 12.4. The lowest BCUT2D eigenvalue weighted by atomic mass is 10.0. The van der Waals surface area contributed by atoms with Crippen molar-refractivity contribution in [1.82, 2.24) is 0 Å². The summed E-state index contributed by atoms with van der Waals surface area (Å²) in [6, 6.07) is 17.4. The summed E-state index contributed by atoms with van der Waals surface area (Å²) in [5.41, 5.74) is 1.03. The van der Waals surface area contributed by atoms with Gasteiger partial charge in [0.15, 0.2) is 5.58 Å². The lowest BCUT2D eigenvalue weighted by molar-refractivity contribution is 0.452. The Morgan fingerprint density at radius 2 is 1.15 bits per heavy atom. The summed E-state index contributed by atoms with van der Waals surface area (Å²) in [5.74, 6) is -0.367. The zero-order valence-corrected chi connectivity index (χ0v) is 20.3. The first-order valence-electron chi connectivity index (χ1n) is 11.8. The van der Waals surface area contributed by atoms with Crippen LogP contribution < -0.4 is 11.1 Å². The van der Waals surface area contributed by atoms with Crippen LogP contribution in [0, 0.1) is 0 Å². The van der Waals surface area contributed by atoms with E-state index in [9.17, 15) is 35.1 Å². The van der Waals surface area contributed by atoms with Crippen LogP contribution in [0.3, 0.4) is 0 Å². The van der Waals surface area contributed by atoms with Gasteiger partial charge in [-0.25, -0.2) is 4.79 Å². The Bertz CT molecular complexity index is 2200. The predicted octanol–water partition coefficient (Wildman–Crippen LogP) is 5.68. The van der Waals surface area contributed by atoms with E-state index in [1.165, 1.54) is 48.7 Å². The third kappa shape index (κ3) is 4.09. The van der Waals surface area contributed by atoms with E-state index in [1.54, 1.807) is 24.3 Å². The van der Waals surface area contributed by atoms with Crippen LogP contribution in [-0.2, 0) is 0 Å². The Balaban J connectivity index is 0.000000145. The fourth-order valence-electron chi connectivity index (χ4n) is 4.47. The van der Waals surface area contributed by atoms with Crippen molar-refractivity contribution in [2.24, 2.45) is 0 Å². The van der Waals surface area contributed by atoms with Gasteiger partial charge in [-0.3, -0.25) is 4.79 Å². The van der Waals surface area contributed by atoms with Crippen LogP contribution in [0.15, 0.2) is 102 Å². The number of phenolic OH excluding ortho intramolecular Hbond substituents is 5. The number of hydrogen-bond acceptors (Lipinski definition) is 10. The molecule has 0 radical (unpaired) electrons. The highest BCUT2D eigenvalue weighted by Crippen LogP contribution is 2.34. The maximum atomic E-state index is 12.4. The Morgan fingerprint density at radius 3 is 1.85 bits per heavy atom. The Morgan fingerprint density at radius 1 is 0.550 bits per heavy atom. The summed E-state index contributed by atoms with van der Waals surface area (Å²) in [4.78, 5) is 24.5. The molecule has 10 nitrogen and oxygen atoms in total. The molecule has 4 aromatic carbocycles. The van der Waals surface area contributed by atoms with Crippen LogP contribution in [0.1, 0.15) is 0 Å². The summed E-state index contributed by atoms with van der Waals surface area (Å²) in [6.07, 6.45) is 1.26. The zero-order chi connectivity index (χ0) is 28.1. The van der Waals surface area contributed by atoms with E-state index >= 15 is 0 Å². The van der Waals surface area contributed by atoms with E-state index in [0.29, 0.717) is 32.9 Å². The molecule has 0 saturated carbocycles. The third-order valence-corrected chi connectivity index (χ3v) is 6.31. The minimum Gasteiger partial charge on any atom is -0.508 e. The van der Waals surface area contributed by atoms with Crippen LogP contribution in [0.25, 0.3) is 55.0 Å². The minimum absolute atomic E-state index is 0.00775. The highest BCUT2D eigenvalue weighted by molar-refractivity contribution is 6.13. The number of phenols is 5. The van der Waals surface area contributed by atoms with E-state index in [1.807, 2.05) is 0 Å². The smallest absolute Gasteiger partial charge is 0.348 e. The van der Waals surface area contributed by atoms with Gasteiger partial charge in [0.25, 0.3) is 0 Å².